The van der Waals surface area contributed by atoms with Gasteiger partial charge in [0.05, 0.1) is 19.3 Å². The zero-order valence-corrected chi connectivity index (χ0v) is 15.1. The highest BCUT2D eigenvalue weighted by Crippen LogP contribution is 2.33. The fraction of sp³-hybridized carbons (Fsp3) is 0.579. The summed E-state index contributed by atoms with van der Waals surface area (Å²) in [7, 11) is 0. The number of carbonyl (C=O) groups is 2. The monoisotopic (exact) mass is 346 g/mol. The maximum Gasteiger partial charge on any atom is 0.251 e. The minimum Gasteiger partial charge on any atom is -0.347 e. The molecule has 2 heterocycles. The van der Waals surface area contributed by atoms with Gasteiger partial charge in [0.25, 0.3) is 5.91 Å². The molecule has 0 radical (unpaired) electrons. The molecular formula is C19H26N2O4. The SMILES string of the molecule is Cc1ccc(C(=O)NCC(=O)N2CCC3(CC2)OC[C@@H](C)O3)cc1C. The van der Waals surface area contributed by atoms with Gasteiger partial charge >= 0.3 is 0 Å². The Balaban J connectivity index is 1.48. The van der Waals surface area contributed by atoms with E-state index in [0.29, 0.717) is 38.1 Å². The maximum absolute atomic E-state index is 12.4. The van der Waals surface area contributed by atoms with Gasteiger partial charge in [-0.1, -0.05) is 6.07 Å². The molecule has 0 bridgehead atoms. The van der Waals surface area contributed by atoms with Crippen molar-refractivity contribution >= 4 is 11.8 Å². The number of piperidine rings is 1. The fourth-order valence-corrected chi connectivity index (χ4v) is 3.32. The van der Waals surface area contributed by atoms with E-state index in [-0.39, 0.29) is 24.5 Å². The third-order valence-electron chi connectivity index (χ3n) is 5.04. The lowest BCUT2D eigenvalue weighted by molar-refractivity contribution is -0.194. The van der Waals surface area contributed by atoms with Gasteiger partial charge in [-0.15, -0.1) is 0 Å². The zero-order valence-electron chi connectivity index (χ0n) is 15.1. The first-order chi connectivity index (χ1) is 11.9. The molecule has 3 rings (SSSR count). The molecule has 1 N–H and O–H groups in total. The molecule has 1 aromatic carbocycles. The number of carbonyl (C=O) groups excluding carboxylic acids is 2. The van der Waals surface area contributed by atoms with E-state index >= 15 is 0 Å². The fourth-order valence-electron chi connectivity index (χ4n) is 3.32. The summed E-state index contributed by atoms with van der Waals surface area (Å²) in [6.45, 7) is 7.76. The van der Waals surface area contributed by atoms with Crippen LogP contribution in [0, 0.1) is 13.8 Å². The molecule has 136 valence electrons. The van der Waals surface area contributed by atoms with E-state index in [1.54, 1.807) is 11.0 Å². The molecule has 1 spiro atoms. The third kappa shape index (κ3) is 4.02. The van der Waals surface area contributed by atoms with Crippen LogP contribution in [0.1, 0.15) is 41.3 Å². The van der Waals surface area contributed by atoms with Crippen molar-refractivity contribution in [2.24, 2.45) is 0 Å². The number of nitrogens with one attached hydrogen (secondary N) is 1. The second-order valence-corrected chi connectivity index (χ2v) is 7.01. The molecule has 2 aliphatic rings. The van der Waals surface area contributed by atoms with Crippen LogP contribution in [0.5, 0.6) is 0 Å². The van der Waals surface area contributed by atoms with E-state index < -0.39 is 5.79 Å². The van der Waals surface area contributed by atoms with Gasteiger partial charge in [0, 0.05) is 31.5 Å². The Hall–Kier alpha value is -1.92. The minimum atomic E-state index is -0.515. The molecule has 1 atom stereocenters. The molecule has 25 heavy (non-hydrogen) atoms. The number of amides is 2. The molecule has 2 amide bonds. The summed E-state index contributed by atoms with van der Waals surface area (Å²) in [5.74, 6) is -0.807. The first-order valence-corrected chi connectivity index (χ1v) is 8.83. The number of likely N-dealkylation sites (tertiary alicyclic amines) is 1. The van der Waals surface area contributed by atoms with Gasteiger partial charge in [-0.2, -0.15) is 0 Å². The molecule has 0 aliphatic carbocycles. The van der Waals surface area contributed by atoms with Crippen LogP contribution < -0.4 is 5.32 Å². The van der Waals surface area contributed by atoms with Gasteiger partial charge in [-0.05, 0) is 44.0 Å². The molecule has 6 nitrogen and oxygen atoms in total. The molecule has 0 unspecified atom stereocenters. The highest BCUT2D eigenvalue weighted by molar-refractivity contribution is 5.96. The van der Waals surface area contributed by atoms with Crippen molar-refractivity contribution in [1.82, 2.24) is 10.2 Å². The lowest BCUT2D eigenvalue weighted by atomic mass is 10.0. The van der Waals surface area contributed by atoms with Crippen molar-refractivity contribution in [1.29, 1.82) is 0 Å². The smallest absolute Gasteiger partial charge is 0.251 e. The van der Waals surface area contributed by atoms with Crippen molar-refractivity contribution in [2.45, 2.75) is 45.5 Å². The van der Waals surface area contributed by atoms with Crippen molar-refractivity contribution in [3.8, 4) is 0 Å². The van der Waals surface area contributed by atoms with E-state index in [9.17, 15) is 9.59 Å². The Morgan fingerprint density at radius 2 is 1.96 bits per heavy atom. The average molecular weight is 346 g/mol. The zero-order chi connectivity index (χ0) is 18.0. The molecule has 1 aromatic rings. The highest BCUT2D eigenvalue weighted by atomic mass is 16.7. The van der Waals surface area contributed by atoms with E-state index in [1.165, 1.54) is 0 Å². The van der Waals surface area contributed by atoms with E-state index in [4.69, 9.17) is 9.47 Å². The number of ether oxygens (including phenoxy) is 2. The first kappa shape index (κ1) is 17.9. The first-order valence-electron chi connectivity index (χ1n) is 8.83. The van der Waals surface area contributed by atoms with Gasteiger partial charge in [0.2, 0.25) is 5.91 Å². The number of rotatable bonds is 3. The predicted molar refractivity (Wildman–Crippen MR) is 93.3 cm³/mol. The average Bonchev–Trinajstić information content (AvgIpc) is 2.96. The topological polar surface area (TPSA) is 67.9 Å². The van der Waals surface area contributed by atoms with Gasteiger partial charge in [0.1, 0.15) is 0 Å². The van der Waals surface area contributed by atoms with Crippen LogP contribution in [0.4, 0.5) is 0 Å². The van der Waals surface area contributed by atoms with Crippen LogP contribution in [0.2, 0.25) is 0 Å². The van der Waals surface area contributed by atoms with Gasteiger partial charge in [-0.25, -0.2) is 0 Å². The van der Waals surface area contributed by atoms with E-state index in [2.05, 4.69) is 5.32 Å². The number of hydrogen-bond donors (Lipinski definition) is 1. The largest absolute Gasteiger partial charge is 0.347 e. The van der Waals surface area contributed by atoms with Crippen LogP contribution in [0.3, 0.4) is 0 Å². The number of nitrogens with zero attached hydrogens (tertiary/aromatic N) is 1. The molecule has 6 heteroatoms. The van der Waals surface area contributed by atoms with Crippen LogP contribution >= 0.6 is 0 Å². The Morgan fingerprint density at radius 3 is 2.56 bits per heavy atom. The second kappa shape index (κ2) is 7.14. The van der Waals surface area contributed by atoms with Gasteiger partial charge in [-0.3, -0.25) is 9.59 Å². The van der Waals surface area contributed by atoms with Crippen LogP contribution in [0.15, 0.2) is 18.2 Å². The highest BCUT2D eigenvalue weighted by Gasteiger charge is 2.43. The molecule has 2 fully saturated rings. The summed E-state index contributed by atoms with van der Waals surface area (Å²) in [5, 5.41) is 2.72. The quantitative estimate of drug-likeness (QED) is 0.906. The predicted octanol–water partition coefficient (Wildman–Crippen LogP) is 1.79. The van der Waals surface area contributed by atoms with Crippen LogP contribution in [-0.4, -0.2) is 54.8 Å². The summed E-state index contributed by atoms with van der Waals surface area (Å²) in [6, 6.07) is 5.54. The van der Waals surface area contributed by atoms with Crippen molar-refractivity contribution in [3.63, 3.8) is 0 Å². The lowest BCUT2D eigenvalue weighted by Gasteiger charge is -2.37. The number of hydrogen-bond acceptors (Lipinski definition) is 4. The molecular weight excluding hydrogens is 320 g/mol. The van der Waals surface area contributed by atoms with Crippen LogP contribution in [-0.2, 0) is 14.3 Å². The second-order valence-electron chi connectivity index (χ2n) is 7.01. The Morgan fingerprint density at radius 1 is 1.24 bits per heavy atom. The van der Waals surface area contributed by atoms with Gasteiger partial charge < -0.3 is 19.7 Å². The van der Waals surface area contributed by atoms with E-state index in [0.717, 1.165) is 11.1 Å². The normalized spacial score (nSPS) is 22.2. The Bertz CT molecular complexity index is 665. The summed E-state index contributed by atoms with van der Waals surface area (Å²) >= 11 is 0. The lowest BCUT2D eigenvalue weighted by Crippen LogP contribution is -2.50. The summed E-state index contributed by atoms with van der Waals surface area (Å²) < 4.78 is 11.6. The Kier molecular flexibility index (Phi) is 5.11. The molecule has 2 aliphatic heterocycles. The van der Waals surface area contributed by atoms with Crippen LogP contribution in [0.25, 0.3) is 0 Å². The van der Waals surface area contributed by atoms with E-state index in [1.807, 2.05) is 32.9 Å². The van der Waals surface area contributed by atoms with Crippen molar-refractivity contribution in [2.75, 3.05) is 26.2 Å². The summed E-state index contributed by atoms with van der Waals surface area (Å²) in [4.78, 5) is 26.3. The van der Waals surface area contributed by atoms with Crippen molar-refractivity contribution < 1.29 is 19.1 Å². The maximum atomic E-state index is 12.4. The summed E-state index contributed by atoms with van der Waals surface area (Å²) in [5.41, 5.74) is 2.78. The minimum absolute atomic E-state index is 0.0108. The van der Waals surface area contributed by atoms with Gasteiger partial charge in [0.15, 0.2) is 5.79 Å². The summed E-state index contributed by atoms with van der Waals surface area (Å²) in [6.07, 6.45) is 1.46. The molecule has 0 aromatic heterocycles. The molecule has 2 saturated heterocycles. The number of benzene rings is 1. The standard InChI is InChI=1S/C19H26N2O4/c1-13-4-5-16(10-14(13)2)18(23)20-11-17(22)21-8-6-19(7-9-21)24-12-15(3)25-19/h4-5,10,15H,6-9,11-12H2,1-3H3,(H,20,23)/t15-/m1/s1. The molecule has 0 saturated carbocycles. The number of aryl methyl sites for hydroxylation is 2. The van der Waals surface area contributed by atoms with Crippen molar-refractivity contribution in [3.05, 3.63) is 34.9 Å². The Labute approximate surface area is 148 Å². The third-order valence-corrected chi connectivity index (χ3v) is 5.04.